The number of piperidine rings is 1. The molecule has 2 heterocycles. The lowest BCUT2D eigenvalue weighted by atomic mass is 9.69. The maximum Gasteiger partial charge on any atom is 0.435 e. The van der Waals surface area contributed by atoms with Crippen LogP contribution in [0.5, 0.6) is 0 Å². The molecule has 0 radical (unpaired) electrons. The van der Waals surface area contributed by atoms with E-state index >= 15 is 0 Å². The number of benzene rings is 1. The maximum atomic E-state index is 13.0. The number of alkyl halides is 3. The van der Waals surface area contributed by atoms with Crippen LogP contribution in [0, 0.1) is 5.92 Å². The molecule has 29 heavy (non-hydrogen) atoms. The van der Waals surface area contributed by atoms with E-state index in [9.17, 15) is 23.1 Å². The molecule has 1 aromatic heterocycles. The Bertz CT molecular complexity index is 837. The number of H-pyrrole nitrogens is 1. The number of carbonyl (C=O) groups excluding carboxylic acids is 1. The molecule has 3 rings (SSSR count). The number of likely N-dealkylation sites (tertiary alicyclic amines) is 1. The van der Waals surface area contributed by atoms with Gasteiger partial charge in [-0.05, 0) is 24.8 Å². The van der Waals surface area contributed by atoms with Crippen molar-refractivity contribution in [1.82, 2.24) is 15.1 Å². The Balaban J connectivity index is 1.92. The van der Waals surface area contributed by atoms with Crippen molar-refractivity contribution in [2.75, 3.05) is 6.54 Å². The quantitative estimate of drug-likeness (QED) is 0.771. The van der Waals surface area contributed by atoms with Crippen molar-refractivity contribution in [3.63, 3.8) is 0 Å². The van der Waals surface area contributed by atoms with E-state index in [0.29, 0.717) is 19.3 Å². The highest BCUT2D eigenvalue weighted by Crippen LogP contribution is 2.44. The molecular weight excluding hydrogens is 383 g/mol. The molecule has 8 heteroatoms. The maximum absolute atomic E-state index is 13.0. The van der Waals surface area contributed by atoms with E-state index in [4.69, 9.17) is 0 Å². The average Bonchev–Trinajstić information content (AvgIpc) is 3.20. The second-order valence-corrected chi connectivity index (χ2v) is 7.57. The largest absolute Gasteiger partial charge is 0.435 e. The van der Waals surface area contributed by atoms with E-state index in [-0.39, 0.29) is 24.2 Å². The van der Waals surface area contributed by atoms with E-state index in [2.05, 4.69) is 10.2 Å². The Morgan fingerprint density at radius 3 is 2.55 bits per heavy atom. The van der Waals surface area contributed by atoms with Crippen LogP contribution < -0.4 is 0 Å². The van der Waals surface area contributed by atoms with Crippen molar-refractivity contribution in [2.45, 2.75) is 57.3 Å². The number of amides is 1. The minimum atomic E-state index is -4.61. The van der Waals surface area contributed by atoms with E-state index in [1.807, 2.05) is 44.2 Å². The molecule has 2 aromatic rings. The fourth-order valence-electron chi connectivity index (χ4n) is 4.49. The van der Waals surface area contributed by atoms with Gasteiger partial charge in [0.2, 0.25) is 0 Å². The highest BCUT2D eigenvalue weighted by atomic mass is 19.4. The SMILES string of the molecule is CCC[C@@H]1[C@H](CC)N(C(=O)c2cc(C(F)(F)F)n[nH]2)CC[C@@]1(O)c1ccccc1. The summed E-state index contributed by atoms with van der Waals surface area (Å²) in [7, 11) is 0. The van der Waals surface area contributed by atoms with Gasteiger partial charge in [0, 0.05) is 24.6 Å². The number of halogens is 3. The van der Waals surface area contributed by atoms with Gasteiger partial charge < -0.3 is 10.0 Å². The van der Waals surface area contributed by atoms with E-state index in [1.54, 1.807) is 4.90 Å². The van der Waals surface area contributed by atoms with Gasteiger partial charge in [0.05, 0.1) is 5.60 Å². The lowest BCUT2D eigenvalue weighted by molar-refractivity contribution is -0.141. The standard InChI is InChI=1S/C21H26F3N3O2/c1-3-8-15-17(4-2)27(12-11-20(15,29)14-9-6-5-7-10-14)19(28)16-13-18(26-25-16)21(22,23)24/h5-7,9-10,13,15,17,29H,3-4,8,11-12H2,1-2H3,(H,25,26)/t15-,17+,20-/m1/s1. The van der Waals surface area contributed by atoms with Gasteiger partial charge in [0.25, 0.3) is 5.91 Å². The second-order valence-electron chi connectivity index (χ2n) is 7.57. The fourth-order valence-corrected chi connectivity index (χ4v) is 4.49. The van der Waals surface area contributed by atoms with E-state index in [1.165, 1.54) is 0 Å². The zero-order valence-corrected chi connectivity index (χ0v) is 16.5. The molecule has 1 fully saturated rings. The van der Waals surface area contributed by atoms with Crippen LogP contribution in [0.2, 0.25) is 0 Å². The molecule has 3 atom stereocenters. The molecule has 1 aromatic carbocycles. The van der Waals surface area contributed by atoms with Gasteiger partial charge in [0.15, 0.2) is 5.69 Å². The number of hydrogen-bond donors (Lipinski definition) is 2. The van der Waals surface area contributed by atoms with Crippen molar-refractivity contribution in [2.24, 2.45) is 5.92 Å². The molecule has 0 bridgehead atoms. The van der Waals surface area contributed by atoms with E-state index < -0.39 is 23.4 Å². The van der Waals surface area contributed by atoms with Crippen molar-refractivity contribution in [3.05, 3.63) is 53.3 Å². The molecule has 0 unspecified atom stereocenters. The van der Waals surface area contributed by atoms with Crippen LogP contribution >= 0.6 is 0 Å². The summed E-state index contributed by atoms with van der Waals surface area (Å²) in [5.41, 5.74) is -1.57. The van der Waals surface area contributed by atoms with Crippen molar-refractivity contribution in [3.8, 4) is 0 Å². The zero-order chi connectivity index (χ0) is 21.2. The Hall–Kier alpha value is -2.35. The van der Waals surface area contributed by atoms with Gasteiger partial charge in [-0.15, -0.1) is 0 Å². The Morgan fingerprint density at radius 1 is 1.31 bits per heavy atom. The van der Waals surface area contributed by atoms with Crippen LogP contribution in [-0.4, -0.2) is 38.7 Å². The van der Waals surface area contributed by atoms with Gasteiger partial charge in [-0.3, -0.25) is 9.89 Å². The molecule has 1 aliphatic heterocycles. The Kier molecular flexibility index (Phi) is 6.03. The number of rotatable bonds is 5. The first-order chi connectivity index (χ1) is 13.7. The summed E-state index contributed by atoms with van der Waals surface area (Å²) in [6.45, 7) is 4.20. The van der Waals surface area contributed by atoms with Crippen LogP contribution in [0.4, 0.5) is 13.2 Å². The lowest BCUT2D eigenvalue weighted by Gasteiger charge is -2.50. The molecule has 1 aliphatic rings. The number of carbonyl (C=O) groups is 1. The van der Waals surface area contributed by atoms with Crippen LogP contribution in [0.1, 0.15) is 61.3 Å². The minimum absolute atomic E-state index is 0.184. The number of aliphatic hydroxyl groups is 1. The van der Waals surface area contributed by atoms with Gasteiger partial charge in [-0.1, -0.05) is 50.6 Å². The van der Waals surface area contributed by atoms with Gasteiger partial charge in [-0.2, -0.15) is 18.3 Å². The second kappa shape index (κ2) is 8.18. The van der Waals surface area contributed by atoms with Crippen molar-refractivity contribution in [1.29, 1.82) is 0 Å². The molecule has 0 aliphatic carbocycles. The third-order valence-electron chi connectivity index (χ3n) is 5.86. The molecule has 1 amide bonds. The van der Waals surface area contributed by atoms with Crippen LogP contribution in [0.25, 0.3) is 0 Å². The summed E-state index contributed by atoms with van der Waals surface area (Å²) < 4.78 is 38.6. The van der Waals surface area contributed by atoms with Crippen LogP contribution in [0.15, 0.2) is 36.4 Å². The predicted octanol–water partition coefficient (Wildman–Crippen LogP) is 4.36. The predicted molar refractivity (Wildman–Crippen MR) is 102 cm³/mol. The normalized spacial score (nSPS) is 25.2. The molecular formula is C21H26F3N3O2. The first-order valence-corrected chi connectivity index (χ1v) is 9.93. The topological polar surface area (TPSA) is 69.2 Å². The fraction of sp³-hybridized carbons (Fsp3) is 0.524. The highest BCUT2D eigenvalue weighted by Gasteiger charge is 2.49. The number of aromatic nitrogens is 2. The number of nitrogens with one attached hydrogen (secondary N) is 1. The third kappa shape index (κ3) is 4.03. The molecule has 0 spiro atoms. The number of hydrogen-bond acceptors (Lipinski definition) is 3. The van der Waals surface area contributed by atoms with Crippen molar-refractivity contribution >= 4 is 5.91 Å². The summed E-state index contributed by atoms with van der Waals surface area (Å²) in [4.78, 5) is 14.6. The molecule has 158 valence electrons. The summed E-state index contributed by atoms with van der Waals surface area (Å²) in [6.07, 6.45) is -2.18. The summed E-state index contributed by atoms with van der Waals surface area (Å²) in [6, 6.07) is 9.86. The van der Waals surface area contributed by atoms with Crippen molar-refractivity contribution < 1.29 is 23.1 Å². The first kappa shape index (κ1) is 21.4. The third-order valence-corrected chi connectivity index (χ3v) is 5.86. The number of nitrogens with zero attached hydrogens (tertiary/aromatic N) is 2. The summed E-state index contributed by atoms with van der Waals surface area (Å²) >= 11 is 0. The molecule has 1 saturated heterocycles. The van der Waals surface area contributed by atoms with Gasteiger partial charge in [-0.25, -0.2) is 0 Å². The number of aromatic amines is 1. The molecule has 0 saturated carbocycles. The molecule has 2 N–H and O–H groups in total. The summed E-state index contributed by atoms with van der Waals surface area (Å²) in [5.74, 6) is -0.737. The van der Waals surface area contributed by atoms with Gasteiger partial charge in [0.1, 0.15) is 5.69 Å². The average molecular weight is 409 g/mol. The lowest BCUT2D eigenvalue weighted by Crippen LogP contribution is -2.57. The summed E-state index contributed by atoms with van der Waals surface area (Å²) in [5, 5.41) is 17.1. The minimum Gasteiger partial charge on any atom is -0.385 e. The zero-order valence-electron chi connectivity index (χ0n) is 16.5. The monoisotopic (exact) mass is 409 g/mol. The molecule has 5 nitrogen and oxygen atoms in total. The Morgan fingerprint density at radius 2 is 2.00 bits per heavy atom. The van der Waals surface area contributed by atoms with E-state index in [0.717, 1.165) is 18.1 Å². The van der Waals surface area contributed by atoms with Gasteiger partial charge >= 0.3 is 6.18 Å². The Labute approximate surface area is 167 Å². The van der Waals surface area contributed by atoms with Crippen LogP contribution in [0.3, 0.4) is 0 Å². The highest BCUT2D eigenvalue weighted by molar-refractivity contribution is 5.92. The first-order valence-electron chi connectivity index (χ1n) is 9.93. The smallest absolute Gasteiger partial charge is 0.385 e. The van der Waals surface area contributed by atoms with Crippen LogP contribution in [-0.2, 0) is 11.8 Å².